The summed E-state index contributed by atoms with van der Waals surface area (Å²) in [5, 5.41) is 5.21. The fourth-order valence-corrected chi connectivity index (χ4v) is 5.18. The largest absolute Gasteiger partial charge is 0.367 e. The second-order valence-corrected chi connectivity index (χ2v) is 9.64. The van der Waals surface area contributed by atoms with Gasteiger partial charge in [-0.25, -0.2) is 9.37 Å². The third kappa shape index (κ3) is 4.24. The lowest BCUT2D eigenvalue weighted by molar-refractivity contribution is 0.100. The average molecular weight is 479 g/mol. The maximum Gasteiger partial charge on any atom is 0.258 e. The third-order valence-electron chi connectivity index (χ3n) is 6.30. The van der Waals surface area contributed by atoms with Crippen molar-refractivity contribution in [3.8, 4) is 11.3 Å². The minimum Gasteiger partial charge on any atom is -0.367 e. The van der Waals surface area contributed by atoms with Gasteiger partial charge in [-0.2, -0.15) is 0 Å². The van der Waals surface area contributed by atoms with Gasteiger partial charge in [0, 0.05) is 61.2 Å². The van der Waals surface area contributed by atoms with Gasteiger partial charge in [-0.1, -0.05) is 0 Å². The smallest absolute Gasteiger partial charge is 0.258 e. The highest BCUT2D eigenvalue weighted by Gasteiger charge is 2.21. The van der Waals surface area contributed by atoms with Crippen molar-refractivity contribution in [1.82, 2.24) is 14.3 Å². The summed E-state index contributed by atoms with van der Waals surface area (Å²) in [6.45, 7) is 7.90. The number of rotatable bonds is 6. The first kappa shape index (κ1) is 22.4. The van der Waals surface area contributed by atoms with Crippen molar-refractivity contribution in [3.05, 3.63) is 64.9 Å². The topological polar surface area (TPSA) is 78.9 Å². The number of benzene rings is 1. The van der Waals surface area contributed by atoms with Crippen LogP contribution >= 0.6 is 11.3 Å². The summed E-state index contributed by atoms with van der Waals surface area (Å²) >= 11 is 1.31. The van der Waals surface area contributed by atoms with Crippen molar-refractivity contribution < 1.29 is 9.18 Å². The number of primary amides is 1. The summed E-state index contributed by atoms with van der Waals surface area (Å²) in [4.78, 5) is 21.0. The molecule has 0 bridgehead atoms. The Balaban J connectivity index is 1.37. The van der Waals surface area contributed by atoms with E-state index >= 15 is 4.39 Å². The minimum absolute atomic E-state index is 0.240. The Morgan fingerprint density at radius 1 is 1.15 bits per heavy atom. The Bertz CT molecular complexity index is 1340. The highest BCUT2D eigenvalue weighted by atomic mass is 32.1. The number of nitrogens with one attached hydrogen (secondary N) is 1. The lowest BCUT2D eigenvalue weighted by Crippen LogP contribution is -2.49. The number of piperazine rings is 1. The second kappa shape index (κ2) is 9.08. The number of nitrogens with two attached hydrogens (primary N) is 1. The van der Waals surface area contributed by atoms with Gasteiger partial charge >= 0.3 is 0 Å². The Kier molecular flexibility index (Phi) is 5.97. The molecule has 4 aromatic rings. The van der Waals surface area contributed by atoms with Gasteiger partial charge in [-0.05, 0) is 50.2 Å². The highest BCUT2D eigenvalue weighted by Crippen LogP contribution is 2.31. The minimum atomic E-state index is -0.441. The number of carbonyl (C=O) groups excluding carboxylic acids is 1. The van der Waals surface area contributed by atoms with E-state index in [1.165, 1.54) is 17.4 Å². The van der Waals surface area contributed by atoms with E-state index in [4.69, 9.17) is 5.73 Å². The number of fused-ring (bicyclic) bond motifs is 1. The molecule has 0 radical (unpaired) electrons. The standard InChI is InChI=1S/C25H27FN6OS/c1-16(2)30-9-11-31(12-10-30)22-5-3-18(14-19(22)26)29-20-4-6-21(32-8-7-28-25(20)32)17-13-23(24(27)33)34-15-17/h3-8,13-16,29H,9-12H2,1-2H3,(H2,27,33). The molecule has 0 aliphatic carbocycles. The number of aromatic nitrogens is 2. The van der Waals surface area contributed by atoms with Gasteiger partial charge < -0.3 is 16.0 Å². The van der Waals surface area contributed by atoms with Crippen LogP contribution in [0.3, 0.4) is 0 Å². The molecule has 34 heavy (non-hydrogen) atoms. The Hall–Kier alpha value is -3.43. The van der Waals surface area contributed by atoms with E-state index < -0.39 is 5.91 Å². The van der Waals surface area contributed by atoms with Crippen molar-refractivity contribution in [2.75, 3.05) is 36.4 Å². The van der Waals surface area contributed by atoms with Crippen LogP contribution in [0.4, 0.5) is 21.5 Å². The summed E-state index contributed by atoms with van der Waals surface area (Å²) in [6.07, 6.45) is 3.57. The van der Waals surface area contributed by atoms with Crippen LogP contribution in [0, 0.1) is 5.82 Å². The number of hydrogen-bond donors (Lipinski definition) is 2. The molecule has 4 heterocycles. The van der Waals surface area contributed by atoms with Crippen molar-refractivity contribution in [2.45, 2.75) is 19.9 Å². The predicted molar refractivity (Wildman–Crippen MR) is 136 cm³/mol. The molecule has 176 valence electrons. The van der Waals surface area contributed by atoms with Gasteiger partial charge in [0.05, 0.1) is 21.9 Å². The van der Waals surface area contributed by atoms with Crippen LogP contribution < -0.4 is 16.0 Å². The summed E-state index contributed by atoms with van der Waals surface area (Å²) in [5.74, 6) is -0.681. The summed E-state index contributed by atoms with van der Waals surface area (Å²) < 4.78 is 17.0. The molecule has 0 unspecified atom stereocenters. The molecule has 1 aliphatic heterocycles. The number of amides is 1. The number of carbonyl (C=O) groups is 1. The summed E-state index contributed by atoms with van der Waals surface area (Å²) in [5.41, 5.74) is 9.95. The molecular weight excluding hydrogens is 451 g/mol. The highest BCUT2D eigenvalue weighted by molar-refractivity contribution is 7.12. The molecule has 1 fully saturated rings. The number of pyridine rings is 1. The maximum absolute atomic E-state index is 15.0. The van der Waals surface area contributed by atoms with Crippen LogP contribution in [0.1, 0.15) is 23.5 Å². The zero-order chi connectivity index (χ0) is 23.8. The predicted octanol–water partition coefficient (Wildman–Crippen LogP) is 4.57. The summed E-state index contributed by atoms with van der Waals surface area (Å²) in [6, 6.07) is 11.4. The van der Waals surface area contributed by atoms with E-state index in [1.54, 1.807) is 12.3 Å². The molecule has 1 amide bonds. The normalized spacial score (nSPS) is 14.8. The van der Waals surface area contributed by atoms with Crippen molar-refractivity contribution in [3.63, 3.8) is 0 Å². The quantitative estimate of drug-likeness (QED) is 0.424. The number of hydrogen-bond acceptors (Lipinski definition) is 6. The first-order valence-corrected chi connectivity index (χ1v) is 12.2. The molecule has 0 spiro atoms. The van der Waals surface area contributed by atoms with Crippen LogP contribution in [0.25, 0.3) is 16.9 Å². The van der Waals surface area contributed by atoms with Gasteiger partial charge in [0.2, 0.25) is 0 Å². The van der Waals surface area contributed by atoms with Crippen molar-refractivity contribution in [2.24, 2.45) is 5.73 Å². The van der Waals surface area contributed by atoms with Crippen LogP contribution in [-0.4, -0.2) is 52.4 Å². The van der Waals surface area contributed by atoms with E-state index in [9.17, 15) is 4.79 Å². The zero-order valence-corrected chi connectivity index (χ0v) is 20.0. The van der Waals surface area contributed by atoms with Crippen LogP contribution in [-0.2, 0) is 0 Å². The molecule has 3 aromatic heterocycles. The molecule has 3 N–H and O–H groups in total. The van der Waals surface area contributed by atoms with Crippen molar-refractivity contribution in [1.29, 1.82) is 0 Å². The Labute approximate surface area is 201 Å². The number of anilines is 3. The molecule has 1 saturated heterocycles. The van der Waals surface area contributed by atoms with Crippen molar-refractivity contribution >= 4 is 40.0 Å². The van der Waals surface area contributed by atoms with Crippen LogP contribution in [0.15, 0.2) is 54.2 Å². The van der Waals surface area contributed by atoms with Gasteiger partial charge in [0.25, 0.3) is 5.91 Å². The monoisotopic (exact) mass is 478 g/mol. The van der Waals surface area contributed by atoms with Crippen LogP contribution in [0.5, 0.6) is 0 Å². The van der Waals surface area contributed by atoms with E-state index in [0.29, 0.717) is 27.9 Å². The van der Waals surface area contributed by atoms with E-state index in [1.807, 2.05) is 40.2 Å². The zero-order valence-electron chi connectivity index (χ0n) is 19.2. The number of halogens is 1. The maximum atomic E-state index is 15.0. The van der Waals surface area contributed by atoms with Gasteiger partial charge in [0.1, 0.15) is 5.82 Å². The molecule has 9 heteroatoms. The van der Waals surface area contributed by atoms with E-state index in [2.05, 4.69) is 33.9 Å². The SMILES string of the molecule is CC(C)N1CCN(c2ccc(Nc3ccc(-c4csc(C(N)=O)c4)n4ccnc34)cc2F)CC1. The van der Waals surface area contributed by atoms with E-state index in [-0.39, 0.29) is 5.82 Å². The van der Waals surface area contributed by atoms with E-state index in [0.717, 1.165) is 43.1 Å². The Morgan fingerprint density at radius 2 is 1.94 bits per heavy atom. The Morgan fingerprint density at radius 3 is 2.62 bits per heavy atom. The average Bonchev–Trinajstić information content (AvgIpc) is 3.50. The molecule has 7 nitrogen and oxygen atoms in total. The fraction of sp³-hybridized carbons (Fsp3) is 0.280. The number of nitrogens with zero attached hydrogens (tertiary/aromatic N) is 4. The lowest BCUT2D eigenvalue weighted by Gasteiger charge is -2.38. The molecular formula is C25H27FN6OS. The number of imidazole rings is 1. The van der Waals surface area contributed by atoms with Gasteiger partial charge in [0.15, 0.2) is 5.65 Å². The third-order valence-corrected chi connectivity index (χ3v) is 7.24. The summed E-state index contributed by atoms with van der Waals surface area (Å²) in [7, 11) is 0. The number of thiophene rings is 1. The lowest BCUT2D eigenvalue weighted by atomic mass is 10.2. The first-order valence-electron chi connectivity index (χ1n) is 11.3. The fourth-order valence-electron chi connectivity index (χ4n) is 4.42. The molecule has 5 rings (SSSR count). The van der Waals surface area contributed by atoms with Crippen LogP contribution in [0.2, 0.25) is 0 Å². The second-order valence-electron chi connectivity index (χ2n) is 8.72. The molecule has 1 aliphatic rings. The van der Waals surface area contributed by atoms with Gasteiger partial charge in [-0.15, -0.1) is 11.3 Å². The first-order chi connectivity index (χ1) is 16.4. The molecule has 1 aromatic carbocycles. The molecule has 0 atom stereocenters. The van der Waals surface area contributed by atoms with Gasteiger partial charge in [-0.3, -0.25) is 14.1 Å². The molecule has 0 saturated carbocycles.